The first kappa shape index (κ1) is 18.1. The molecule has 0 fully saturated rings. The lowest BCUT2D eigenvalue weighted by Crippen LogP contribution is -2.41. The number of fused-ring (bicyclic) bond motifs is 1. The van der Waals surface area contributed by atoms with Crippen LogP contribution in [0, 0.1) is 13.8 Å². The van der Waals surface area contributed by atoms with E-state index in [1.165, 1.54) is 5.56 Å². The second kappa shape index (κ2) is 7.66. The first-order valence-electron chi connectivity index (χ1n) is 8.68. The zero-order chi connectivity index (χ0) is 18.7. The molecule has 0 bridgehead atoms. The van der Waals surface area contributed by atoms with E-state index in [-0.39, 0.29) is 11.9 Å². The van der Waals surface area contributed by atoms with Crippen molar-refractivity contribution >= 4 is 17.0 Å². The Bertz CT molecular complexity index is 903. The molecule has 0 aliphatic rings. The number of nitrogens with one attached hydrogen (secondary N) is 1. The van der Waals surface area contributed by atoms with Gasteiger partial charge in [-0.2, -0.15) is 0 Å². The number of likely N-dealkylation sites (N-methyl/N-ethyl adjacent to an activating group) is 1. The topological polar surface area (TPSA) is 71.3 Å². The average Bonchev–Trinajstić information content (AvgIpc) is 2.99. The maximum Gasteiger partial charge on any atom is 0.258 e. The maximum absolute atomic E-state index is 12.8. The number of hydrogen-bond acceptors (Lipinski definition) is 5. The van der Waals surface area contributed by atoms with Gasteiger partial charge in [-0.3, -0.25) is 4.79 Å². The molecule has 136 valence electrons. The fraction of sp³-hybridized carbons (Fsp3) is 0.350. The summed E-state index contributed by atoms with van der Waals surface area (Å²) < 4.78 is 5.21. The van der Waals surface area contributed by atoms with Gasteiger partial charge in [0.1, 0.15) is 0 Å². The van der Waals surface area contributed by atoms with Gasteiger partial charge in [-0.05, 0) is 46.0 Å². The van der Waals surface area contributed by atoms with Crippen LogP contribution in [0.2, 0.25) is 0 Å². The molecule has 1 N–H and O–H groups in total. The Morgan fingerprint density at radius 3 is 2.65 bits per heavy atom. The van der Waals surface area contributed by atoms with Crippen molar-refractivity contribution in [3.05, 3.63) is 58.9 Å². The smallest absolute Gasteiger partial charge is 0.258 e. The number of nitrogens with zero attached hydrogens (tertiary/aromatic N) is 3. The minimum atomic E-state index is -0.133. The van der Waals surface area contributed by atoms with E-state index in [1.54, 1.807) is 6.07 Å². The Hall–Kier alpha value is -2.73. The molecule has 6 nitrogen and oxygen atoms in total. The molecule has 0 saturated heterocycles. The molecule has 0 aliphatic heterocycles. The predicted octanol–water partition coefficient (Wildman–Crippen LogP) is 2.74. The molecule has 0 radical (unpaired) electrons. The summed E-state index contributed by atoms with van der Waals surface area (Å²) in [7, 11) is 4.05. The van der Waals surface area contributed by atoms with Crippen molar-refractivity contribution in [2.75, 3.05) is 20.6 Å². The third-order valence-corrected chi connectivity index (χ3v) is 4.53. The van der Waals surface area contributed by atoms with Crippen molar-refractivity contribution in [1.29, 1.82) is 0 Å². The number of amides is 1. The monoisotopic (exact) mass is 352 g/mol. The summed E-state index contributed by atoms with van der Waals surface area (Å²) in [5, 5.41) is 7.67. The van der Waals surface area contributed by atoms with Crippen molar-refractivity contribution in [2.45, 2.75) is 26.3 Å². The molecular formula is C20H24N4O2. The Morgan fingerprint density at radius 1 is 1.23 bits per heavy atom. The summed E-state index contributed by atoms with van der Waals surface area (Å²) in [6, 6.07) is 12.3. The standard InChI is InChI=1S/C20H24N4O2/c1-13-10-17(18-14(2)23-26-20(18)22-13)19(25)21-12-16(24(3)4)11-15-8-6-5-7-9-15/h5-10,16H,11-12H2,1-4H3,(H,21,25). The van der Waals surface area contributed by atoms with Crippen LogP contribution in [-0.4, -0.2) is 47.6 Å². The average molecular weight is 352 g/mol. The fourth-order valence-electron chi connectivity index (χ4n) is 3.03. The zero-order valence-corrected chi connectivity index (χ0v) is 15.6. The highest BCUT2D eigenvalue weighted by molar-refractivity contribution is 6.06. The van der Waals surface area contributed by atoms with E-state index in [4.69, 9.17) is 4.52 Å². The third kappa shape index (κ3) is 3.91. The number of aryl methyl sites for hydroxylation is 2. The van der Waals surface area contributed by atoms with Crippen LogP contribution in [0.15, 0.2) is 40.9 Å². The van der Waals surface area contributed by atoms with Crippen LogP contribution in [-0.2, 0) is 6.42 Å². The molecule has 0 aliphatic carbocycles. The minimum absolute atomic E-state index is 0.133. The number of pyridine rings is 1. The molecule has 3 aromatic rings. The normalized spacial score (nSPS) is 12.5. The van der Waals surface area contributed by atoms with Gasteiger partial charge in [0.2, 0.25) is 0 Å². The SMILES string of the molecule is Cc1cc(C(=O)NCC(Cc2ccccc2)N(C)C)c2c(C)noc2n1. The molecule has 2 aromatic heterocycles. The summed E-state index contributed by atoms with van der Waals surface area (Å²) in [5.41, 5.74) is 3.61. The van der Waals surface area contributed by atoms with Crippen molar-refractivity contribution in [3.8, 4) is 0 Å². The van der Waals surface area contributed by atoms with Gasteiger partial charge in [0.15, 0.2) is 0 Å². The summed E-state index contributed by atoms with van der Waals surface area (Å²) >= 11 is 0. The summed E-state index contributed by atoms with van der Waals surface area (Å²) in [5.74, 6) is -0.133. The van der Waals surface area contributed by atoms with E-state index in [2.05, 4.69) is 32.5 Å². The van der Waals surface area contributed by atoms with Crippen LogP contribution in [0.25, 0.3) is 11.1 Å². The number of rotatable bonds is 6. The van der Waals surface area contributed by atoms with Gasteiger partial charge in [0.05, 0.1) is 16.6 Å². The zero-order valence-electron chi connectivity index (χ0n) is 15.6. The molecule has 1 unspecified atom stereocenters. The molecule has 1 amide bonds. The summed E-state index contributed by atoms with van der Waals surface area (Å²) in [4.78, 5) is 19.2. The van der Waals surface area contributed by atoms with Gasteiger partial charge in [-0.1, -0.05) is 35.5 Å². The van der Waals surface area contributed by atoms with E-state index in [0.717, 1.165) is 12.1 Å². The number of carbonyl (C=O) groups excluding carboxylic acids is 1. The van der Waals surface area contributed by atoms with Crippen LogP contribution < -0.4 is 5.32 Å². The van der Waals surface area contributed by atoms with Gasteiger partial charge in [-0.25, -0.2) is 4.98 Å². The molecule has 0 spiro atoms. The number of aromatic nitrogens is 2. The molecule has 26 heavy (non-hydrogen) atoms. The first-order chi connectivity index (χ1) is 12.5. The quantitative estimate of drug-likeness (QED) is 0.739. The highest BCUT2D eigenvalue weighted by Gasteiger charge is 2.19. The lowest BCUT2D eigenvalue weighted by Gasteiger charge is -2.25. The molecule has 6 heteroatoms. The fourth-order valence-corrected chi connectivity index (χ4v) is 3.03. The Balaban J connectivity index is 1.76. The molecule has 2 heterocycles. The summed E-state index contributed by atoms with van der Waals surface area (Å²) in [6.45, 7) is 4.21. The number of carbonyl (C=O) groups is 1. The Labute approximate surface area is 153 Å². The first-order valence-corrected chi connectivity index (χ1v) is 8.68. The second-order valence-electron chi connectivity index (χ2n) is 6.78. The van der Waals surface area contributed by atoms with Crippen LogP contribution in [0.3, 0.4) is 0 Å². The van der Waals surface area contributed by atoms with Crippen molar-refractivity contribution < 1.29 is 9.32 Å². The van der Waals surface area contributed by atoms with E-state index in [1.807, 2.05) is 46.1 Å². The maximum atomic E-state index is 12.8. The second-order valence-corrected chi connectivity index (χ2v) is 6.78. The summed E-state index contributed by atoms with van der Waals surface area (Å²) in [6.07, 6.45) is 0.866. The van der Waals surface area contributed by atoms with Gasteiger partial charge in [0, 0.05) is 18.3 Å². The lowest BCUT2D eigenvalue weighted by atomic mass is 10.0. The van der Waals surface area contributed by atoms with Crippen molar-refractivity contribution in [1.82, 2.24) is 20.4 Å². The third-order valence-electron chi connectivity index (χ3n) is 4.53. The highest BCUT2D eigenvalue weighted by atomic mass is 16.5. The molecule has 1 aromatic carbocycles. The Kier molecular flexibility index (Phi) is 5.32. The molecule has 3 rings (SSSR count). The van der Waals surface area contributed by atoms with Gasteiger partial charge < -0.3 is 14.7 Å². The molecule has 1 atom stereocenters. The number of benzene rings is 1. The van der Waals surface area contributed by atoms with Crippen LogP contribution in [0.5, 0.6) is 0 Å². The van der Waals surface area contributed by atoms with Crippen molar-refractivity contribution in [3.63, 3.8) is 0 Å². The van der Waals surface area contributed by atoms with Gasteiger partial charge in [-0.15, -0.1) is 0 Å². The highest BCUT2D eigenvalue weighted by Crippen LogP contribution is 2.21. The number of hydrogen-bond donors (Lipinski definition) is 1. The molecular weight excluding hydrogens is 328 g/mol. The van der Waals surface area contributed by atoms with E-state index < -0.39 is 0 Å². The van der Waals surface area contributed by atoms with Gasteiger partial charge in [0.25, 0.3) is 11.6 Å². The molecule has 0 saturated carbocycles. The van der Waals surface area contributed by atoms with Gasteiger partial charge >= 0.3 is 0 Å². The van der Waals surface area contributed by atoms with E-state index in [9.17, 15) is 4.79 Å². The van der Waals surface area contributed by atoms with E-state index >= 15 is 0 Å². The van der Waals surface area contributed by atoms with Crippen molar-refractivity contribution in [2.24, 2.45) is 0 Å². The lowest BCUT2D eigenvalue weighted by molar-refractivity contribution is 0.0943. The largest absolute Gasteiger partial charge is 0.350 e. The van der Waals surface area contributed by atoms with Crippen LogP contribution in [0.1, 0.15) is 27.3 Å². The van der Waals surface area contributed by atoms with Crippen LogP contribution in [0.4, 0.5) is 0 Å². The van der Waals surface area contributed by atoms with Crippen LogP contribution >= 0.6 is 0 Å². The van der Waals surface area contributed by atoms with E-state index in [0.29, 0.717) is 28.9 Å². The minimum Gasteiger partial charge on any atom is -0.350 e. The predicted molar refractivity (Wildman–Crippen MR) is 101 cm³/mol. The Morgan fingerprint density at radius 2 is 1.96 bits per heavy atom.